The summed E-state index contributed by atoms with van der Waals surface area (Å²) in [6.45, 7) is 4.65. The van der Waals surface area contributed by atoms with E-state index in [9.17, 15) is 4.79 Å². The second-order valence-corrected chi connectivity index (χ2v) is 4.16. The Hall–Kier alpha value is -1.63. The van der Waals surface area contributed by atoms with Crippen molar-refractivity contribution >= 4 is 11.9 Å². The quantitative estimate of drug-likeness (QED) is 0.626. The molecular formula is C10H18N6O. The topological polar surface area (TPSA) is 99.9 Å². The summed E-state index contributed by atoms with van der Waals surface area (Å²) in [5.41, 5.74) is 5.32. The Labute approximate surface area is 99.8 Å². The van der Waals surface area contributed by atoms with Crippen LogP contribution in [0.25, 0.3) is 0 Å². The molecular weight excluding hydrogens is 220 g/mol. The van der Waals surface area contributed by atoms with Crippen LogP contribution in [0.1, 0.15) is 30.4 Å². The van der Waals surface area contributed by atoms with E-state index in [1.54, 1.807) is 0 Å². The molecule has 0 bridgehead atoms. The third-order valence-electron chi connectivity index (χ3n) is 2.87. The van der Waals surface area contributed by atoms with Crippen molar-refractivity contribution in [1.29, 1.82) is 0 Å². The summed E-state index contributed by atoms with van der Waals surface area (Å²) in [5, 5.41) is 8.88. The van der Waals surface area contributed by atoms with E-state index in [1.807, 2.05) is 0 Å². The van der Waals surface area contributed by atoms with Crippen LogP contribution >= 0.6 is 0 Å². The first-order valence-electron chi connectivity index (χ1n) is 5.91. The number of aromatic nitrogens is 3. The molecule has 0 spiro atoms. The van der Waals surface area contributed by atoms with Crippen molar-refractivity contribution in [3.63, 3.8) is 0 Å². The zero-order chi connectivity index (χ0) is 12.3. The summed E-state index contributed by atoms with van der Waals surface area (Å²) in [6, 6.07) is 0.720. The van der Waals surface area contributed by atoms with Crippen LogP contribution < -0.4 is 11.1 Å². The summed E-state index contributed by atoms with van der Waals surface area (Å²) in [6.07, 6.45) is 2.56. The van der Waals surface area contributed by atoms with E-state index in [-0.39, 0.29) is 17.7 Å². The highest BCUT2D eigenvalue weighted by molar-refractivity contribution is 5.90. The van der Waals surface area contributed by atoms with E-state index in [0.717, 1.165) is 19.1 Å². The molecule has 1 fully saturated rings. The fourth-order valence-corrected chi connectivity index (χ4v) is 1.81. The minimum atomic E-state index is -0.263. The highest BCUT2D eigenvalue weighted by atomic mass is 16.2. The molecule has 17 heavy (non-hydrogen) atoms. The standard InChI is InChI=1S/C10H18N6O/c1-2-16(7-3-4-7)6-5-12-9(17)8-13-10(11)15-14-8/h7H,2-6H2,1H3,(H,12,17)(H3,11,13,14,15). The number of H-pyrrole nitrogens is 1. The van der Waals surface area contributed by atoms with Crippen molar-refractivity contribution in [2.75, 3.05) is 25.4 Å². The molecule has 1 aromatic rings. The Morgan fingerprint density at radius 3 is 2.94 bits per heavy atom. The maximum Gasteiger partial charge on any atom is 0.288 e. The lowest BCUT2D eigenvalue weighted by molar-refractivity contribution is 0.0938. The van der Waals surface area contributed by atoms with E-state index in [4.69, 9.17) is 5.73 Å². The molecule has 1 aliphatic rings. The molecule has 0 aromatic carbocycles. The van der Waals surface area contributed by atoms with Gasteiger partial charge in [0, 0.05) is 19.1 Å². The Morgan fingerprint density at radius 2 is 2.41 bits per heavy atom. The maximum absolute atomic E-state index is 11.6. The number of hydrogen-bond donors (Lipinski definition) is 3. The zero-order valence-electron chi connectivity index (χ0n) is 9.94. The van der Waals surface area contributed by atoms with Gasteiger partial charge in [-0.2, -0.15) is 4.98 Å². The minimum absolute atomic E-state index is 0.0864. The molecule has 1 amide bonds. The number of carbonyl (C=O) groups is 1. The van der Waals surface area contributed by atoms with Gasteiger partial charge in [-0.15, -0.1) is 5.10 Å². The molecule has 0 saturated heterocycles. The molecule has 0 radical (unpaired) electrons. The average Bonchev–Trinajstić information content (AvgIpc) is 3.06. The van der Waals surface area contributed by atoms with Gasteiger partial charge in [0.15, 0.2) is 0 Å². The van der Waals surface area contributed by atoms with E-state index >= 15 is 0 Å². The molecule has 2 rings (SSSR count). The Morgan fingerprint density at radius 1 is 1.65 bits per heavy atom. The fourth-order valence-electron chi connectivity index (χ4n) is 1.81. The molecule has 1 aliphatic carbocycles. The summed E-state index contributed by atoms with van der Waals surface area (Å²) < 4.78 is 0. The Kier molecular flexibility index (Phi) is 3.58. The van der Waals surface area contributed by atoms with E-state index in [1.165, 1.54) is 12.8 Å². The Bertz CT molecular complexity index is 386. The van der Waals surface area contributed by atoms with Crippen LogP contribution in [-0.4, -0.2) is 51.7 Å². The van der Waals surface area contributed by atoms with Crippen molar-refractivity contribution in [2.24, 2.45) is 0 Å². The predicted molar refractivity (Wildman–Crippen MR) is 63.4 cm³/mol. The number of aromatic amines is 1. The molecule has 7 nitrogen and oxygen atoms in total. The van der Waals surface area contributed by atoms with Gasteiger partial charge in [-0.05, 0) is 19.4 Å². The summed E-state index contributed by atoms with van der Waals surface area (Å²) in [5.74, 6) is -0.0127. The molecule has 1 saturated carbocycles. The minimum Gasteiger partial charge on any atom is -0.366 e. The van der Waals surface area contributed by atoms with Crippen molar-refractivity contribution in [2.45, 2.75) is 25.8 Å². The van der Waals surface area contributed by atoms with Crippen LogP contribution in [0.5, 0.6) is 0 Å². The number of nitrogens with zero attached hydrogens (tertiary/aromatic N) is 3. The number of anilines is 1. The lowest BCUT2D eigenvalue weighted by Gasteiger charge is -2.19. The second-order valence-electron chi connectivity index (χ2n) is 4.16. The highest BCUT2D eigenvalue weighted by Crippen LogP contribution is 2.25. The average molecular weight is 238 g/mol. The van der Waals surface area contributed by atoms with Gasteiger partial charge in [-0.25, -0.2) is 0 Å². The Balaban J connectivity index is 1.72. The first kappa shape index (κ1) is 11.8. The number of nitrogens with one attached hydrogen (secondary N) is 2. The van der Waals surface area contributed by atoms with E-state index in [2.05, 4.69) is 32.3 Å². The number of nitrogens with two attached hydrogens (primary N) is 1. The van der Waals surface area contributed by atoms with Crippen LogP contribution in [0.4, 0.5) is 5.95 Å². The van der Waals surface area contributed by atoms with Gasteiger partial charge in [0.05, 0.1) is 0 Å². The van der Waals surface area contributed by atoms with Gasteiger partial charge in [0.2, 0.25) is 11.8 Å². The van der Waals surface area contributed by atoms with Crippen LogP contribution in [0.3, 0.4) is 0 Å². The van der Waals surface area contributed by atoms with Crippen molar-refractivity contribution in [1.82, 2.24) is 25.4 Å². The van der Waals surface area contributed by atoms with Crippen molar-refractivity contribution < 1.29 is 4.79 Å². The number of carbonyl (C=O) groups excluding carboxylic acids is 1. The van der Waals surface area contributed by atoms with Crippen LogP contribution in [-0.2, 0) is 0 Å². The molecule has 0 aliphatic heterocycles. The van der Waals surface area contributed by atoms with E-state index in [0.29, 0.717) is 6.54 Å². The third-order valence-corrected chi connectivity index (χ3v) is 2.87. The van der Waals surface area contributed by atoms with Gasteiger partial charge in [-0.1, -0.05) is 6.92 Å². The molecule has 1 aromatic heterocycles. The highest BCUT2D eigenvalue weighted by Gasteiger charge is 2.27. The van der Waals surface area contributed by atoms with Gasteiger partial charge >= 0.3 is 0 Å². The molecule has 0 atom stereocenters. The van der Waals surface area contributed by atoms with Gasteiger partial charge in [-0.3, -0.25) is 14.8 Å². The number of hydrogen-bond acceptors (Lipinski definition) is 5. The van der Waals surface area contributed by atoms with Crippen molar-refractivity contribution in [3.05, 3.63) is 5.82 Å². The SMILES string of the molecule is CCN(CCNC(=O)c1nc(N)n[nH]1)C1CC1. The molecule has 0 unspecified atom stereocenters. The van der Waals surface area contributed by atoms with Gasteiger partial charge in [0.1, 0.15) is 0 Å². The monoisotopic (exact) mass is 238 g/mol. The second kappa shape index (κ2) is 5.13. The predicted octanol–water partition coefficient (Wildman–Crippen LogP) is -0.399. The van der Waals surface area contributed by atoms with Gasteiger partial charge < -0.3 is 11.1 Å². The van der Waals surface area contributed by atoms with Crippen LogP contribution in [0.15, 0.2) is 0 Å². The number of rotatable bonds is 6. The smallest absolute Gasteiger partial charge is 0.288 e. The number of amides is 1. The fraction of sp³-hybridized carbons (Fsp3) is 0.700. The molecule has 1 heterocycles. The lowest BCUT2D eigenvalue weighted by Crippen LogP contribution is -2.36. The van der Waals surface area contributed by atoms with Crippen LogP contribution in [0.2, 0.25) is 0 Å². The molecule has 94 valence electrons. The molecule has 4 N–H and O–H groups in total. The normalized spacial score (nSPS) is 15.2. The lowest BCUT2D eigenvalue weighted by atomic mass is 10.4. The number of likely N-dealkylation sites (N-methyl/N-ethyl adjacent to an activating group) is 1. The first-order valence-corrected chi connectivity index (χ1v) is 5.91. The summed E-state index contributed by atoms with van der Waals surface area (Å²) in [4.78, 5) is 17.7. The molecule has 7 heteroatoms. The summed E-state index contributed by atoms with van der Waals surface area (Å²) in [7, 11) is 0. The largest absolute Gasteiger partial charge is 0.366 e. The summed E-state index contributed by atoms with van der Waals surface area (Å²) >= 11 is 0. The van der Waals surface area contributed by atoms with Gasteiger partial charge in [0.25, 0.3) is 5.91 Å². The van der Waals surface area contributed by atoms with Crippen LogP contribution in [0, 0.1) is 0 Å². The van der Waals surface area contributed by atoms with E-state index < -0.39 is 0 Å². The zero-order valence-corrected chi connectivity index (χ0v) is 9.94. The first-order chi connectivity index (χ1) is 8.20. The maximum atomic E-state index is 11.6. The van der Waals surface area contributed by atoms with Crippen molar-refractivity contribution in [3.8, 4) is 0 Å². The number of nitrogen functional groups attached to an aromatic ring is 1. The third kappa shape index (κ3) is 3.16.